The number of aromatic hydroxyl groups is 1. The van der Waals surface area contributed by atoms with E-state index in [1.807, 2.05) is 24.3 Å². The minimum Gasteiger partial charge on any atom is -0.507 e. The van der Waals surface area contributed by atoms with Crippen molar-refractivity contribution in [2.45, 2.75) is 39.5 Å². The third-order valence-corrected chi connectivity index (χ3v) is 11.8. The van der Waals surface area contributed by atoms with Crippen molar-refractivity contribution in [1.82, 2.24) is 14.5 Å². The summed E-state index contributed by atoms with van der Waals surface area (Å²) in [6.45, 7) is 9.08. The van der Waals surface area contributed by atoms with Crippen LogP contribution in [0.15, 0.2) is 176 Å². The number of fused-ring (bicyclic) bond motifs is 4. The van der Waals surface area contributed by atoms with Crippen LogP contribution in [0.5, 0.6) is 5.75 Å². The Morgan fingerprint density at radius 1 is 0.508 bits per heavy atom. The topological polar surface area (TPSA) is 50.9 Å². The maximum absolute atomic E-state index is 11.1. The molecule has 0 radical (unpaired) electrons. The van der Waals surface area contributed by atoms with E-state index in [1.165, 1.54) is 16.7 Å². The average molecular weight is 970 g/mol. The van der Waals surface area contributed by atoms with Crippen molar-refractivity contribution in [3.05, 3.63) is 193 Å². The van der Waals surface area contributed by atoms with Crippen molar-refractivity contribution in [1.29, 1.82) is 0 Å². The van der Waals surface area contributed by atoms with Crippen LogP contribution in [-0.2, 0) is 21.1 Å². The van der Waals surface area contributed by atoms with Gasteiger partial charge in [-0.05, 0) is 46.0 Å². The molecule has 10 aromatic rings. The van der Waals surface area contributed by atoms with Crippen molar-refractivity contribution in [3.63, 3.8) is 0 Å². The standard InChI is InChI=1S/C56H44N3O.Pt/c1-35(2)43-21-13-22-44(36(3)4)52(43)42-30-27-39-19-11-25-47(48(39)33-42)56-58-50(49-32-31-41-29-28-40-20-12-26-51(60)53(40)54(41)57-49)34-59(56)55-45(37-15-7-5-8-16-37)23-14-24-46(55)38-17-9-6-10-18-38;/h5-32,34-36,60H,1-4H3;/q-1;. The number of pyridine rings is 1. The third kappa shape index (κ3) is 7.15. The molecule has 0 aliphatic heterocycles. The first kappa shape index (κ1) is 39.8. The van der Waals surface area contributed by atoms with Crippen molar-refractivity contribution in [2.75, 3.05) is 0 Å². The Kier molecular flexibility index (Phi) is 10.7. The molecule has 1 N–H and O–H groups in total. The van der Waals surface area contributed by atoms with Crippen LogP contribution < -0.4 is 0 Å². The molecular weight excluding hydrogens is 926 g/mol. The number of phenolic OH excluding ortho intramolecular Hbond substituents is 1. The van der Waals surface area contributed by atoms with Crippen molar-refractivity contribution >= 4 is 32.4 Å². The molecule has 0 spiro atoms. The molecule has 300 valence electrons. The Morgan fingerprint density at radius 2 is 1.07 bits per heavy atom. The van der Waals surface area contributed by atoms with Crippen LogP contribution in [0.1, 0.15) is 50.7 Å². The number of imidazole rings is 1. The molecule has 0 saturated carbocycles. The maximum atomic E-state index is 11.1. The predicted molar refractivity (Wildman–Crippen MR) is 250 cm³/mol. The number of hydrogen-bond donors (Lipinski definition) is 1. The molecule has 0 saturated heterocycles. The van der Waals surface area contributed by atoms with E-state index >= 15 is 0 Å². The fourth-order valence-electron chi connectivity index (χ4n) is 8.84. The van der Waals surface area contributed by atoms with Gasteiger partial charge in [0.05, 0.1) is 16.9 Å². The zero-order valence-corrected chi connectivity index (χ0v) is 36.8. The number of rotatable bonds is 8. The Morgan fingerprint density at radius 3 is 1.74 bits per heavy atom. The van der Waals surface area contributed by atoms with Gasteiger partial charge in [0.25, 0.3) is 0 Å². The minimum absolute atomic E-state index is 0. The van der Waals surface area contributed by atoms with Crippen molar-refractivity contribution in [3.8, 4) is 67.6 Å². The normalized spacial score (nSPS) is 11.5. The van der Waals surface area contributed by atoms with Crippen LogP contribution in [-0.4, -0.2) is 19.6 Å². The van der Waals surface area contributed by atoms with E-state index in [0.717, 1.165) is 83.0 Å². The Balaban J connectivity index is 0.00000476. The summed E-state index contributed by atoms with van der Waals surface area (Å²) >= 11 is 0. The minimum atomic E-state index is 0. The molecule has 0 unspecified atom stereocenters. The van der Waals surface area contributed by atoms with Crippen LogP contribution in [0.4, 0.5) is 0 Å². The molecule has 0 fully saturated rings. The summed E-state index contributed by atoms with van der Waals surface area (Å²) in [5.74, 6) is 1.69. The van der Waals surface area contributed by atoms with Gasteiger partial charge in [-0.3, -0.25) is 0 Å². The van der Waals surface area contributed by atoms with Gasteiger partial charge >= 0.3 is 0 Å². The van der Waals surface area contributed by atoms with Gasteiger partial charge in [0.2, 0.25) is 0 Å². The molecule has 2 heterocycles. The van der Waals surface area contributed by atoms with Crippen molar-refractivity contribution in [2.24, 2.45) is 0 Å². The number of benzene rings is 8. The molecule has 0 amide bonds. The van der Waals surface area contributed by atoms with Crippen LogP contribution in [0.25, 0.3) is 94.3 Å². The van der Waals surface area contributed by atoms with Crippen LogP contribution in [0, 0.1) is 6.07 Å². The quantitative estimate of drug-likeness (QED) is 0.122. The van der Waals surface area contributed by atoms with Gasteiger partial charge in [-0.2, -0.15) is 0 Å². The fourth-order valence-corrected chi connectivity index (χ4v) is 8.84. The number of hydrogen-bond acceptors (Lipinski definition) is 3. The predicted octanol–water partition coefficient (Wildman–Crippen LogP) is 14.8. The zero-order valence-electron chi connectivity index (χ0n) is 34.5. The largest absolute Gasteiger partial charge is 0.507 e. The SMILES string of the molecule is CC(C)c1cccc(C(C)C)c1-c1[c-]c2c(-c3nc(-c4ccc5ccc6cccc(O)c6c5n4)cn3-c3c(-c4ccccc4)cccc3-c3ccccc3)cccc2cc1.[Pt]. The molecule has 0 aliphatic carbocycles. The number of phenols is 1. The first-order valence-electron chi connectivity index (χ1n) is 20.8. The van der Waals surface area contributed by atoms with Gasteiger partial charge < -0.3 is 9.67 Å². The molecule has 0 atom stereocenters. The van der Waals surface area contributed by atoms with E-state index in [-0.39, 0.29) is 26.8 Å². The summed E-state index contributed by atoms with van der Waals surface area (Å²) < 4.78 is 2.27. The molecular formula is C56H44N3OPt-. The summed E-state index contributed by atoms with van der Waals surface area (Å²) in [7, 11) is 0. The Labute approximate surface area is 371 Å². The van der Waals surface area contributed by atoms with Gasteiger partial charge in [-0.15, -0.1) is 29.1 Å². The monoisotopic (exact) mass is 969 g/mol. The fraction of sp³-hybridized carbons (Fsp3) is 0.107. The van der Waals surface area contributed by atoms with E-state index in [2.05, 4.69) is 184 Å². The molecule has 0 aliphatic rings. The summed E-state index contributed by atoms with van der Waals surface area (Å²) in [5, 5.41) is 15.8. The second-order valence-corrected chi connectivity index (χ2v) is 16.2. The Bertz CT molecular complexity index is 3140. The van der Waals surface area contributed by atoms with Gasteiger partial charge in [0, 0.05) is 49.2 Å². The first-order valence-corrected chi connectivity index (χ1v) is 20.8. The molecule has 0 bridgehead atoms. The molecule has 5 heteroatoms. The third-order valence-electron chi connectivity index (χ3n) is 11.8. The van der Waals surface area contributed by atoms with E-state index < -0.39 is 0 Å². The molecule has 61 heavy (non-hydrogen) atoms. The van der Waals surface area contributed by atoms with Gasteiger partial charge in [-0.1, -0.05) is 195 Å². The molecule has 10 rings (SSSR count). The summed E-state index contributed by atoms with van der Waals surface area (Å²) in [4.78, 5) is 10.8. The van der Waals surface area contributed by atoms with Gasteiger partial charge in [0.1, 0.15) is 17.3 Å². The second kappa shape index (κ2) is 16.4. The zero-order chi connectivity index (χ0) is 40.9. The average Bonchev–Trinajstić information content (AvgIpc) is 3.73. The first-order chi connectivity index (χ1) is 29.3. The number of nitrogens with zero attached hydrogens (tertiary/aromatic N) is 3. The summed E-state index contributed by atoms with van der Waals surface area (Å²) in [5.41, 5.74) is 13.5. The van der Waals surface area contributed by atoms with Crippen LogP contribution >= 0.6 is 0 Å². The maximum Gasteiger partial charge on any atom is 0.125 e. The number of aromatic nitrogens is 3. The summed E-state index contributed by atoms with van der Waals surface area (Å²) in [6, 6.07) is 63.2. The second-order valence-electron chi connectivity index (χ2n) is 16.2. The van der Waals surface area contributed by atoms with E-state index in [0.29, 0.717) is 17.5 Å². The Hall–Kier alpha value is -6.61. The number of para-hydroxylation sites is 1. The van der Waals surface area contributed by atoms with E-state index in [1.54, 1.807) is 6.07 Å². The smallest absolute Gasteiger partial charge is 0.125 e. The van der Waals surface area contributed by atoms with E-state index in [4.69, 9.17) is 9.97 Å². The van der Waals surface area contributed by atoms with Crippen LogP contribution in [0.2, 0.25) is 0 Å². The van der Waals surface area contributed by atoms with Crippen molar-refractivity contribution < 1.29 is 26.2 Å². The summed E-state index contributed by atoms with van der Waals surface area (Å²) in [6.07, 6.45) is 2.14. The van der Waals surface area contributed by atoms with Gasteiger partial charge in [-0.25, -0.2) is 9.97 Å². The molecule has 8 aromatic carbocycles. The molecule has 2 aromatic heterocycles. The van der Waals surface area contributed by atoms with Crippen LogP contribution in [0.3, 0.4) is 0 Å². The van der Waals surface area contributed by atoms with E-state index in [9.17, 15) is 5.11 Å². The molecule has 4 nitrogen and oxygen atoms in total. The van der Waals surface area contributed by atoms with Gasteiger partial charge in [0.15, 0.2) is 0 Å².